The first-order chi connectivity index (χ1) is 6.85. The van der Waals surface area contributed by atoms with Gasteiger partial charge in [-0.05, 0) is 11.6 Å². The Kier molecular flexibility index (Phi) is 2.86. The summed E-state index contributed by atoms with van der Waals surface area (Å²) in [5, 5.41) is 0. The Balaban J connectivity index is 2.11. The summed E-state index contributed by atoms with van der Waals surface area (Å²) in [5.41, 5.74) is 1.21. The number of rotatable bonds is 3. The van der Waals surface area contributed by atoms with Crippen LogP contribution < -0.4 is 0 Å². The molecule has 2 heterocycles. The highest BCUT2D eigenvalue weighted by atomic mass is 16.8. The first kappa shape index (κ1) is 9.71. The van der Waals surface area contributed by atoms with Gasteiger partial charge in [0.25, 0.3) is 0 Å². The Morgan fingerprint density at radius 3 is 2.86 bits per heavy atom. The van der Waals surface area contributed by atoms with Gasteiger partial charge in [-0.15, -0.1) is 0 Å². The quantitative estimate of drug-likeness (QED) is 0.797. The molecule has 1 aromatic rings. The van der Waals surface area contributed by atoms with Gasteiger partial charge >= 0.3 is 0 Å². The molecule has 0 bridgehead atoms. The second kappa shape index (κ2) is 4.13. The molecule has 0 amide bonds. The number of aromatic nitrogens is 1. The molecule has 1 saturated heterocycles. The maximum Gasteiger partial charge on any atom is 0.167 e. The zero-order valence-corrected chi connectivity index (χ0v) is 8.40. The van der Waals surface area contributed by atoms with Crippen molar-refractivity contribution in [2.24, 2.45) is 0 Å². The molecular formula is C10H15NO3. The second-order valence-corrected chi connectivity index (χ2v) is 3.39. The van der Waals surface area contributed by atoms with Gasteiger partial charge in [-0.1, -0.05) is 0 Å². The molecule has 14 heavy (non-hydrogen) atoms. The van der Waals surface area contributed by atoms with Crippen LogP contribution in [0.3, 0.4) is 0 Å². The van der Waals surface area contributed by atoms with E-state index in [1.54, 1.807) is 14.2 Å². The van der Waals surface area contributed by atoms with E-state index in [9.17, 15) is 0 Å². The third-order valence-corrected chi connectivity index (χ3v) is 2.61. The van der Waals surface area contributed by atoms with Gasteiger partial charge in [0.2, 0.25) is 0 Å². The largest absolute Gasteiger partial charge is 0.367 e. The van der Waals surface area contributed by atoms with Gasteiger partial charge < -0.3 is 19.2 Å². The monoisotopic (exact) mass is 197 g/mol. The molecule has 0 radical (unpaired) electrons. The highest BCUT2D eigenvalue weighted by molar-refractivity contribution is 5.17. The number of aromatic amines is 1. The topological polar surface area (TPSA) is 43.5 Å². The van der Waals surface area contributed by atoms with Gasteiger partial charge in [0.1, 0.15) is 0 Å². The molecule has 1 N–H and O–H groups in total. The van der Waals surface area contributed by atoms with Gasteiger partial charge in [0, 0.05) is 39.0 Å². The summed E-state index contributed by atoms with van der Waals surface area (Å²) in [7, 11) is 3.30. The molecule has 3 atom stereocenters. The van der Waals surface area contributed by atoms with E-state index in [0.717, 1.165) is 6.42 Å². The molecule has 1 aromatic heterocycles. The molecule has 4 heteroatoms. The number of nitrogens with one attached hydrogen (secondary N) is 1. The fourth-order valence-electron chi connectivity index (χ4n) is 1.85. The van der Waals surface area contributed by atoms with Gasteiger partial charge in [-0.2, -0.15) is 0 Å². The van der Waals surface area contributed by atoms with E-state index < -0.39 is 0 Å². The van der Waals surface area contributed by atoms with E-state index in [1.807, 2.05) is 18.5 Å². The fourth-order valence-corrected chi connectivity index (χ4v) is 1.85. The lowest BCUT2D eigenvalue weighted by atomic mass is 10.00. The predicted octanol–water partition coefficient (Wildman–Crippen LogP) is 1.46. The van der Waals surface area contributed by atoms with Crippen LogP contribution in [0.2, 0.25) is 0 Å². The minimum absolute atomic E-state index is 0.153. The van der Waals surface area contributed by atoms with Crippen LogP contribution in [-0.2, 0) is 14.2 Å². The molecular weight excluding hydrogens is 182 g/mol. The average molecular weight is 197 g/mol. The maximum absolute atomic E-state index is 5.54. The third-order valence-electron chi connectivity index (χ3n) is 2.61. The van der Waals surface area contributed by atoms with E-state index >= 15 is 0 Å². The van der Waals surface area contributed by atoms with Crippen molar-refractivity contribution in [2.45, 2.75) is 24.9 Å². The SMILES string of the molecule is COC1CC(c2cc[nH]c2)C(OC)O1. The van der Waals surface area contributed by atoms with Crippen molar-refractivity contribution >= 4 is 0 Å². The van der Waals surface area contributed by atoms with Crippen LogP contribution >= 0.6 is 0 Å². The van der Waals surface area contributed by atoms with Crippen molar-refractivity contribution in [3.8, 4) is 0 Å². The molecule has 2 rings (SSSR count). The maximum atomic E-state index is 5.54. The Morgan fingerprint density at radius 1 is 1.43 bits per heavy atom. The Bertz CT molecular complexity index is 273. The predicted molar refractivity (Wildman–Crippen MR) is 50.8 cm³/mol. The molecule has 1 aliphatic rings. The standard InChI is InChI=1S/C10H15NO3/c1-12-9-5-8(10(13-2)14-9)7-3-4-11-6-7/h3-4,6,8-11H,5H2,1-2H3. The van der Waals surface area contributed by atoms with Gasteiger partial charge in [-0.3, -0.25) is 0 Å². The summed E-state index contributed by atoms with van der Waals surface area (Å²) in [4.78, 5) is 3.03. The lowest BCUT2D eigenvalue weighted by molar-refractivity contribution is -0.188. The van der Waals surface area contributed by atoms with Crippen LogP contribution in [0.1, 0.15) is 17.9 Å². The lowest BCUT2D eigenvalue weighted by Gasteiger charge is -2.14. The Morgan fingerprint density at radius 2 is 2.29 bits per heavy atom. The first-order valence-electron chi connectivity index (χ1n) is 4.69. The molecule has 0 saturated carbocycles. The van der Waals surface area contributed by atoms with E-state index in [4.69, 9.17) is 14.2 Å². The molecule has 4 nitrogen and oxygen atoms in total. The number of H-pyrrole nitrogens is 1. The summed E-state index contributed by atoms with van der Waals surface area (Å²) >= 11 is 0. The van der Waals surface area contributed by atoms with Crippen molar-refractivity contribution in [3.05, 3.63) is 24.0 Å². The minimum Gasteiger partial charge on any atom is -0.367 e. The molecule has 0 aliphatic carbocycles. The van der Waals surface area contributed by atoms with Crippen LogP contribution in [-0.4, -0.2) is 31.8 Å². The smallest absolute Gasteiger partial charge is 0.167 e. The van der Waals surface area contributed by atoms with Crippen LogP contribution in [0.4, 0.5) is 0 Å². The zero-order chi connectivity index (χ0) is 9.97. The van der Waals surface area contributed by atoms with Crippen molar-refractivity contribution in [2.75, 3.05) is 14.2 Å². The van der Waals surface area contributed by atoms with Crippen molar-refractivity contribution in [3.63, 3.8) is 0 Å². The zero-order valence-electron chi connectivity index (χ0n) is 8.40. The normalized spacial score (nSPS) is 32.3. The van der Waals surface area contributed by atoms with Gasteiger partial charge in [0.05, 0.1) is 0 Å². The first-order valence-corrected chi connectivity index (χ1v) is 4.69. The number of ether oxygens (including phenoxy) is 3. The number of hydrogen-bond donors (Lipinski definition) is 1. The molecule has 1 aliphatic heterocycles. The fraction of sp³-hybridized carbons (Fsp3) is 0.600. The Hall–Kier alpha value is -0.840. The average Bonchev–Trinajstić information content (AvgIpc) is 2.85. The van der Waals surface area contributed by atoms with E-state index in [2.05, 4.69) is 4.98 Å². The van der Waals surface area contributed by atoms with Crippen LogP contribution in [0.5, 0.6) is 0 Å². The lowest BCUT2D eigenvalue weighted by Crippen LogP contribution is -2.17. The second-order valence-electron chi connectivity index (χ2n) is 3.39. The summed E-state index contributed by atoms with van der Waals surface area (Å²) in [6.45, 7) is 0. The van der Waals surface area contributed by atoms with Crippen molar-refractivity contribution in [1.29, 1.82) is 0 Å². The highest BCUT2D eigenvalue weighted by Gasteiger charge is 2.36. The van der Waals surface area contributed by atoms with Gasteiger partial charge in [0.15, 0.2) is 12.6 Å². The summed E-state index contributed by atoms with van der Waals surface area (Å²) < 4.78 is 16.0. The molecule has 3 unspecified atom stereocenters. The highest BCUT2D eigenvalue weighted by Crippen LogP contribution is 2.35. The Labute approximate surface area is 83.2 Å². The van der Waals surface area contributed by atoms with Crippen molar-refractivity contribution < 1.29 is 14.2 Å². The van der Waals surface area contributed by atoms with Crippen LogP contribution in [0, 0.1) is 0 Å². The molecule has 78 valence electrons. The van der Waals surface area contributed by atoms with Crippen LogP contribution in [0.25, 0.3) is 0 Å². The summed E-state index contributed by atoms with van der Waals surface area (Å²) in [6, 6.07) is 2.04. The van der Waals surface area contributed by atoms with Crippen molar-refractivity contribution in [1.82, 2.24) is 4.98 Å². The third kappa shape index (κ3) is 1.68. The molecule has 0 spiro atoms. The van der Waals surface area contributed by atoms with E-state index in [1.165, 1.54) is 5.56 Å². The van der Waals surface area contributed by atoms with Crippen LogP contribution in [0.15, 0.2) is 18.5 Å². The summed E-state index contributed by atoms with van der Waals surface area (Å²) in [6.07, 6.45) is 4.36. The number of methoxy groups -OCH3 is 2. The minimum atomic E-state index is -0.198. The number of hydrogen-bond acceptors (Lipinski definition) is 3. The van der Waals surface area contributed by atoms with Gasteiger partial charge in [-0.25, -0.2) is 0 Å². The summed E-state index contributed by atoms with van der Waals surface area (Å²) in [5.74, 6) is 0.260. The van der Waals surface area contributed by atoms with E-state index in [0.29, 0.717) is 0 Å². The molecule has 0 aromatic carbocycles. The molecule has 1 fully saturated rings. The van der Waals surface area contributed by atoms with E-state index in [-0.39, 0.29) is 18.5 Å².